The molecule has 0 aliphatic carbocycles. The minimum Gasteiger partial charge on any atom is -0.497 e. The summed E-state index contributed by atoms with van der Waals surface area (Å²) in [7, 11) is 6.37. The standard InChI is InChI=1S/C20H26N2O5S/c1-12-13(2)28-19(18(12)20(24)27-6)21-17(23)11-22(3)10-14-7-8-15(25-4)9-16(14)26-5/h7-9H,10-11H2,1-6H3,(H,21,23). The van der Waals surface area contributed by atoms with Crippen molar-refractivity contribution >= 4 is 28.2 Å². The minimum absolute atomic E-state index is 0.159. The van der Waals surface area contributed by atoms with Crippen LogP contribution in [-0.2, 0) is 16.1 Å². The number of benzene rings is 1. The third-order valence-corrected chi connectivity index (χ3v) is 5.50. The molecule has 0 atom stereocenters. The molecule has 7 nitrogen and oxygen atoms in total. The van der Waals surface area contributed by atoms with Gasteiger partial charge in [0.1, 0.15) is 16.5 Å². The highest BCUT2D eigenvalue weighted by atomic mass is 32.1. The van der Waals surface area contributed by atoms with Gasteiger partial charge in [-0.15, -0.1) is 11.3 Å². The molecule has 0 saturated heterocycles. The van der Waals surface area contributed by atoms with Gasteiger partial charge in [0.05, 0.1) is 33.4 Å². The van der Waals surface area contributed by atoms with E-state index in [1.54, 1.807) is 14.2 Å². The quantitative estimate of drug-likeness (QED) is 0.678. The van der Waals surface area contributed by atoms with Crippen molar-refractivity contribution in [2.24, 2.45) is 0 Å². The number of likely N-dealkylation sites (N-methyl/N-ethyl adjacent to an activating group) is 1. The van der Waals surface area contributed by atoms with Crippen LogP contribution < -0.4 is 14.8 Å². The lowest BCUT2D eigenvalue weighted by molar-refractivity contribution is -0.117. The molecular formula is C20H26N2O5S. The Hall–Kier alpha value is -2.58. The zero-order valence-corrected chi connectivity index (χ0v) is 17.9. The lowest BCUT2D eigenvalue weighted by Gasteiger charge is -2.18. The Morgan fingerprint density at radius 1 is 1.14 bits per heavy atom. The van der Waals surface area contributed by atoms with E-state index in [4.69, 9.17) is 14.2 Å². The van der Waals surface area contributed by atoms with E-state index >= 15 is 0 Å². The number of nitrogens with one attached hydrogen (secondary N) is 1. The fourth-order valence-electron chi connectivity index (χ4n) is 2.80. The van der Waals surface area contributed by atoms with Crippen LogP contribution in [0.4, 0.5) is 5.00 Å². The number of aryl methyl sites for hydroxylation is 1. The number of rotatable bonds is 8. The molecule has 1 aromatic heterocycles. The number of hydrogen-bond acceptors (Lipinski definition) is 7. The lowest BCUT2D eigenvalue weighted by Crippen LogP contribution is -2.30. The topological polar surface area (TPSA) is 77.1 Å². The number of esters is 1. The number of methoxy groups -OCH3 is 3. The Kier molecular flexibility index (Phi) is 7.42. The molecule has 0 spiro atoms. The van der Waals surface area contributed by atoms with Gasteiger partial charge in [-0.05, 0) is 32.5 Å². The second-order valence-corrected chi connectivity index (χ2v) is 7.60. The van der Waals surface area contributed by atoms with Crippen molar-refractivity contribution in [2.45, 2.75) is 20.4 Å². The molecule has 1 heterocycles. The van der Waals surface area contributed by atoms with Crippen molar-refractivity contribution in [3.8, 4) is 11.5 Å². The average molecular weight is 407 g/mol. The second kappa shape index (κ2) is 9.57. The van der Waals surface area contributed by atoms with Crippen molar-refractivity contribution in [3.63, 3.8) is 0 Å². The van der Waals surface area contributed by atoms with Gasteiger partial charge in [0.25, 0.3) is 0 Å². The molecular weight excluding hydrogens is 380 g/mol. The summed E-state index contributed by atoms with van der Waals surface area (Å²) < 4.78 is 15.4. The van der Waals surface area contributed by atoms with Crippen LogP contribution in [0.3, 0.4) is 0 Å². The molecule has 0 unspecified atom stereocenters. The molecule has 0 saturated carbocycles. The number of anilines is 1. The molecule has 2 aromatic rings. The first-order valence-corrected chi connectivity index (χ1v) is 9.49. The highest BCUT2D eigenvalue weighted by Crippen LogP contribution is 2.33. The number of amides is 1. The number of nitrogens with zero attached hydrogens (tertiary/aromatic N) is 1. The molecule has 0 radical (unpaired) electrons. The molecule has 0 bridgehead atoms. The van der Waals surface area contributed by atoms with Gasteiger partial charge in [0, 0.05) is 23.1 Å². The van der Waals surface area contributed by atoms with Crippen LogP contribution in [0, 0.1) is 13.8 Å². The van der Waals surface area contributed by atoms with E-state index in [0.717, 1.165) is 16.0 Å². The summed E-state index contributed by atoms with van der Waals surface area (Å²) in [6, 6.07) is 5.57. The Morgan fingerprint density at radius 3 is 2.46 bits per heavy atom. The van der Waals surface area contributed by atoms with Gasteiger partial charge in [-0.2, -0.15) is 0 Å². The fraction of sp³-hybridized carbons (Fsp3) is 0.400. The van der Waals surface area contributed by atoms with Crippen LogP contribution in [0.1, 0.15) is 26.4 Å². The molecule has 0 aliphatic rings. The molecule has 0 aliphatic heterocycles. The average Bonchev–Trinajstić information content (AvgIpc) is 2.94. The highest BCUT2D eigenvalue weighted by molar-refractivity contribution is 7.16. The van der Waals surface area contributed by atoms with E-state index in [1.165, 1.54) is 18.4 Å². The summed E-state index contributed by atoms with van der Waals surface area (Å²) >= 11 is 1.37. The summed E-state index contributed by atoms with van der Waals surface area (Å²) in [5, 5.41) is 3.35. The third-order valence-electron chi connectivity index (χ3n) is 4.38. The van der Waals surface area contributed by atoms with Crippen molar-refractivity contribution in [2.75, 3.05) is 40.2 Å². The first-order valence-electron chi connectivity index (χ1n) is 8.68. The Labute approximate surface area is 169 Å². The van der Waals surface area contributed by atoms with Gasteiger partial charge < -0.3 is 19.5 Å². The van der Waals surface area contributed by atoms with E-state index in [2.05, 4.69) is 5.32 Å². The molecule has 0 fully saturated rings. The molecule has 1 N–H and O–H groups in total. The van der Waals surface area contributed by atoms with Crippen LogP contribution in [-0.4, -0.2) is 51.7 Å². The predicted molar refractivity (Wildman–Crippen MR) is 110 cm³/mol. The molecule has 152 valence electrons. The van der Waals surface area contributed by atoms with Crippen LogP contribution in [0.5, 0.6) is 11.5 Å². The molecule has 28 heavy (non-hydrogen) atoms. The Morgan fingerprint density at radius 2 is 1.86 bits per heavy atom. The van der Waals surface area contributed by atoms with E-state index in [-0.39, 0.29) is 12.5 Å². The largest absolute Gasteiger partial charge is 0.497 e. The van der Waals surface area contributed by atoms with Gasteiger partial charge in [-0.1, -0.05) is 6.07 Å². The zero-order valence-electron chi connectivity index (χ0n) is 17.0. The molecule has 1 aromatic carbocycles. The predicted octanol–water partition coefficient (Wildman–Crippen LogP) is 3.24. The van der Waals surface area contributed by atoms with Gasteiger partial charge >= 0.3 is 5.97 Å². The van der Waals surface area contributed by atoms with Gasteiger partial charge in [-0.25, -0.2) is 4.79 Å². The maximum atomic E-state index is 12.5. The summed E-state index contributed by atoms with van der Waals surface area (Å²) in [6.07, 6.45) is 0. The molecule has 1 amide bonds. The zero-order chi connectivity index (χ0) is 20.8. The normalized spacial score (nSPS) is 10.7. The summed E-state index contributed by atoms with van der Waals surface area (Å²) in [6.45, 7) is 4.43. The summed E-state index contributed by atoms with van der Waals surface area (Å²) in [4.78, 5) is 27.4. The van der Waals surface area contributed by atoms with Crippen molar-refractivity contribution in [3.05, 3.63) is 39.8 Å². The third kappa shape index (κ3) is 5.02. The summed E-state index contributed by atoms with van der Waals surface area (Å²) in [5.74, 6) is 0.749. The first-order chi connectivity index (χ1) is 13.3. The van der Waals surface area contributed by atoms with Crippen LogP contribution in [0.25, 0.3) is 0 Å². The number of thiophene rings is 1. The highest BCUT2D eigenvalue weighted by Gasteiger charge is 2.22. The Bertz CT molecular complexity index is 863. The maximum absolute atomic E-state index is 12.5. The van der Waals surface area contributed by atoms with Crippen molar-refractivity contribution in [1.82, 2.24) is 4.90 Å². The van der Waals surface area contributed by atoms with Gasteiger partial charge in [0.2, 0.25) is 5.91 Å². The lowest BCUT2D eigenvalue weighted by atomic mass is 10.1. The van der Waals surface area contributed by atoms with Crippen molar-refractivity contribution < 1.29 is 23.8 Å². The van der Waals surface area contributed by atoms with Crippen LogP contribution >= 0.6 is 11.3 Å². The van der Waals surface area contributed by atoms with E-state index in [9.17, 15) is 9.59 Å². The number of carbonyl (C=O) groups excluding carboxylic acids is 2. The molecule has 8 heteroatoms. The van der Waals surface area contributed by atoms with E-state index < -0.39 is 5.97 Å². The summed E-state index contributed by atoms with van der Waals surface area (Å²) in [5.41, 5.74) is 2.18. The monoisotopic (exact) mass is 406 g/mol. The maximum Gasteiger partial charge on any atom is 0.341 e. The van der Waals surface area contributed by atoms with Crippen LogP contribution in [0.15, 0.2) is 18.2 Å². The van der Waals surface area contributed by atoms with E-state index in [1.807, 2.05) is 44.0 Å². The van der Waals surface area contributed by atoms with Crippen molar-refractivity contribution in [1.29, 1.82) is 0 Å². The Balaban J connectivity index is 2.06. The molecule has 2 rings (SSSR count). The van der Waals surface area contributed by atoms with Gasteiger partial charge in [-0.3, -0.25) is 9.69 Å². The van der Waals surface area contributed by atoms with Gasteiger partial charge in [0.15, 0.2) is 0 Å². The fourth-order valence-corrected chi connectivity index (χ4v) is 3.87. The first kappa shape index (κ1) is 21.7. The number of hydrogen-bond donors (Lipinski definition) is 1. The van der Waals surface area contributed by atoms with Crippen LogP contribution in [0.2, 0.25) is 0 Å². The number of ether oxygens (including phenoxy) is 3. The van der Waals surface area contributed by atoms with E-state index in [0.29, 0.717) is 28.6 Å². The second-order valence-electron chi connectivity index (χ2n) is 6.38. The number of carbonyl (C=O) groups is 2. The minimum atomic E-state index is -0.450. The SMILES string of the molecule is COC(=O)c1c(NC(=O)CN(C)Cc2ccc(OC)cc2OC)sc(C)c1C. The smallest absolute Gasteiger partial charge is 0.341 e.